The highest BCUT2D eigenvalue weighted by molar-refractivity contribution is 5.88. The quantitative estimate of drug-likeness (QED) is 0.334. The first-order valence-electron chi connectivity index (χ1n) is 11.4. The number of esters is 2. The molecule has 2 aliphatic carbocycles. The normalized spacial score (nSPS) is 51.4. The van der Waals surface area contributed by atoms with E-state index in [2.05, 4.69) is 0 Å². The maximum Gasteiger partial charge on any atom is 0.333 e. The Morgan fingerprint density at radius 1 is 1.38 bits per heavy atom. The molecule has 5 rings (SSSR count). The van der Waals surface area contributed by atoms with E-state index in [1.165, 1.54) is 0 Å². The molecule has 3 N–H and O–H groups in total. The molecule has 4 fully saturated rings. The van der Waals surface area contributed by atoms with Crippen LogP contribution in [0, 0.1) is 16.7 Å². The van der Waals surface area contributed by atoms with Gasteiger partial charge in [0.15, 0.2) is 0 Å². The van der Waals surface area contributed by atoms with Crippen molar-refractivity contribution in [2.75, 3.05) is 6.61 Å². The van der Waals surface area contributed by atoms with Crippen molar-refractivity contribution in [1.82, 2.24) is 0 Å². The number of hydrogen-bond donors (Lipinski definition) is 3. The summed E-state index contributed by atoms with van der Waals surface area (Å²) in [6.45, 7) is 8.41. The zero-order valence-corrected chi connectivity index (χ0v) is 19.2. The second-order valence-electron chi connectivity index (χ2n) is 10.6. The van der Waals surface area contributed by atoms with E-state index in [0.717, 1.165) is 5.57 Å². The Morgan fingerprint density at radius 2 is 2.06 bits per heavy atom. The predicted molar refractivity (Wildman–Crippen MR) is 111 cm³/mol. The van der Waals surface area contributed by atoms with Crippen LogP contribution in [0.25, 0.3) is 0 Å². The Balaban J connectivity index is 1.68. The van der Waals surface area contributed by atoms with Gasteiger partial charge in [-0.2, -0.15) is 0 Å². The molecule has 32 heavy (non-hydrogen) atoms. The minimum Gasteiger partial charge on any atom is -0.459 e. The van der Waals surface area contributed by atoms with Crippen molar-refractivity contribution in [1.29, 1.82) is 0 Å². The molecule has 3 heterocycles. The summed E-state index contributed by atoms with van der Waals surface area (Å²) >= 11 is 0. The maximum absolute atomic E-state index is 13.5. The number of aliphatic hydroxyl groups excluding tert-OH is 2. The Kier molecular flexibility index (Phi) is 4.44. The molecule has 0 aromatic rings. The lowest BCUT2D eigenvalue weighted by atomic mass is 9.43. The number of rotatable bonds is 3. The van der Waals surface area contributed by atoms with Crippen LogP contribution >= 0.6 is 0 Å². The molecule has 1 spiro atoms. The average molecular weight is 449 g/mol. The zero-order valence-electron chi connectivity index (χ0n) is 19.2. The van der Waals surface area contributed by atoms with Gasteiger partial charge in [-0.3, -0.25) is 4.79 Å². The number of ether oxygens (including phenoxy) is 3. The molecule has 176 valence electrons. The van der Waals surface area contributed by atoms with Gasteiger partial charge in [-0.05, 0) is 38.3 Å². The summed E-state index contributed by atoms with van der Waals surface area (Å²) in [5.74, 6) is -1.55. The number of allylic oxidation sites excluding steroid dienone is 1. The molecule has 0 aromatic carbocycles. The number of fused-ring (bicyclic) bond motifs is 1. The van der Waals surface area contributed by atoms with E-state index >= 15 is 0 Å². The van der Waals surface area contributed by atoms with E-state index in [4.69, 9.17) is 14.2 Å². The van der Waals surface area contributed by atoms with Crippen LogP contribution < -0.4 is 0 Å². The third-order valence-corrected chi connectivity index (χ3v) is 9.69. The van der Waals surface area contributed by atoms with Gasteiger partial charge in [0.25, 0.3) is 0 Å². The van der Waals surface area contributed by atoms with Crippen molar-refractivity contribution in [3.63, 3.8) is 0 Å². The van der Waals surface area contributed by atoms with Crippen LogP contribution in [-0.2, 0) is 23.8 Å². The highest BCUT2D eigenvalue weighted by Crippen LogP contribution is 2.72. The Labute approximate surface area is 187 Å². The lowest BCUT2D eigenvalue weighted by Gasteiger charge is -2.64. The first kappa shape index (κ1) is 22.1. The zero-order chi connectivity index (χ0) is 23.4. The summed E-state index contributed by atoms with van der Waals surface area (Å²) < 4.78 is 18.0. The van der Waals surface area contributed by atoms with Gasteiger partial charge in [-0.25, -0.2) is 4.79 Å². The number of carbonyl (C=O) groups is 2. The summed E-state index contributed by atoms with van der Waals surface area (Å²) in [5.41, 5.74) is -3.62. The second kappa shape index (κ2) is 6.44. The first-order valence-corrected chi connectivity index (χ1v) is 11.4. The lowest BCUT2D eigenvalue weighted by molar-refractivity contribution is -0.279. The van der Waals surface area contributed by atoms with Gasteiger partial charge >= 0.3 is 11.9 Å². The minimum absolute atomic E-state index is 0.0343. The largest absolute Gasteiger partial charge is 0.459 e. The molecule has 8 nitrogen and oxygen atoms in total. The number of aliphatic hydroxyl groups is 3. The van der Waals surface area contributed by atoms with E-state index < -0.39 is 70.9 Å². The van der Waals surface area contributed by atoms with Crippen LogP contribution in [0.4, 0.5) is 0 Å². The average Bonchev–Trinajstić information content (AvgIpc) is 3.20. The molecular weight excluding hydrogens is 416 g/mol. The van der Waals surface area contributed by atoms with Gasteiger partial charge in [0.1, 0.15) is 28.8 Å². The van der Waals surface area contributed by atoms with Crippen molar-refractivity contribution in [3.05, 3.63) is 22.8 Å². The number of carbonyl (C=O) groups excluding carboxylic acids is 2. The first-order chi connectivity index (χ1) is 14.9. The second-order valence-corrected chi connectivity index (χ2v) is 10.6. The van der Waals surface area contributed by atoms with Crippen LogP contribution in [0.5, 0.6) is 0 Å². The molecule has 8 heteroatoms. The fourth-order valence-corrected chi connectivity index (χ4v) is 7.27. The maximum atomic E-state index is 13.5. The Hall–Kier alpha value is -1.74. The van der Waals surface area contributed by atoms with Crippen LogP contribution in [-0.4, -0.2) is 69.5 Å². The Bertz CT molecular complexity index is 969. The van der Waals surface area contributed by atoms with Gasteiger partial charge in [0.05, 0.1) is 18.8 Å². The molecule has 2 saturated heterocycles. The van der Waals surface area contributed by atoms with E-state index in [1.54, 1.807) is 26.8 Å². The summed E-state index contributed by atoms with van der Waals surface area (Å²) in [4.78, 5) is 26.0. The monoisotopic (exact) mass is 448 g/mol. The molecule has 3 bridgehead atoms. The summed E-state index contributed by atoms with van der Waals surface area (Å²) in [5, 5.41) is 34.4. The van der Waals surface area contributed by atoms with Crippen molar-refractivity contribution in [3.8, 4) is 0 Å². The van der Waals surface area contributed by atoms with Crippen LogP contribution in [0.1, 0.15) is 53.9 Å². The standard InChI is InChI=1S/C24H32O8/c1-6-11(2)19(27)30-14-7-16-23(29)9-24-17(18(26)21(23,5)13(14)4)12(3)15(32-24)8-22(24,10-25)20(28)31-16/h6,13-16,18,25-26,29H,7-10H2,1-5H3. The highest BCUT2D eigenvalue weighted by atomic mass is 16.6. The molecule has 2 saturated carbocycles. The SMILES string of the molecule is CC=C(C)C(=O)OC1CC2OC(=O)C3(CO)CC4OC35CC2(O)C(C)(C(O)C5=C4C)C1C. The molecular formula is C24H32O8. The van der Waals surface area contributed by atoms with E-state index in [0.29, 0.717) is 11.1 Å². The molecule has 9 unspecified atom stereocenters. The fraction of sp³-hybridized carbons (Fsp3) is 0.750. The highest BCUT2D eigenvalue weighted by Gasteiger charge is 2.82. The van der Waals surface area contributed by atoms with Gasteiger partial charge in [0, 0.05) is 29.7 Å². The Morgan fingerprint density at radius 3 is 2.69 bits per heavy atom. The molecule has 5 aliphatic rings. The van der Waals surface area contributed by atoms with E-state index in [9.17, 15) is 24.9 Å². The topological polar surface area (TPSA) is 123 Å². The van der Waals surface area contributed by atoms with Crippen molar-refractivity contribution in [2.24, 2.45) is 16.7 Å². The van der Waals surface area contributed by atoms with Crippen molar-refractivity contribution < 1.29 is 39.1 Å². The van der Waals surface area contributed by atoms with E-state index in [-0.39, 0.29) is 19.3 Å². The summed E-state index contributed by atoms with van der Waals surface area (Å²) in [6.07, 6.45) is -1.23. The predicted octanol–water partition coefficient (Wildman–Crippen LogP) is 1.17. The van der Waals surface area contributed by atoms with Gasteiger partial charge in [0.2, 0.25) is 0 Å². The third kappa shape index (κ3) is 2.13. The minimum atomic E-state index is -1.63. The molecule has 0 radical (unpaired) electrons. The summed E-state index contributed by atoms with van der Waals surface area (Å²) in [7, 11) is 0. The van der Waals surface area contributed by atoms with Gasteiger partial charge in [-0.1, -0.05) is 19.9 Å². The lowest BCUT2D eigenvalue weighted by Crippen LogP contribution is -2.75. The van der Waals surface area contributed by atoms with Crippen LogP contribution in [0.15, 0.2) is 22.8 Å². The van der Waals surface area contributed by atoms with Crippen molar-refractivity contribution in [2.45, 2.75) is 89.5 Å². The molecule has 0 amide bonds. The third-order valence-electron chi connectivity index (χ3n) is 9.69. The fourth-order valence-electron chi connectivity index (χ4n) is 7.27. The molecule has 9 atom stereocenters. The number of hydrogen-bond acceptors (Lipinski definition) is 8. The van der Waals surface area contributed by atoms with Gasteiger partial charge < -0.3 is 29.5 Å². The smallest absolute Gasteiger partial charge is 0.333 e. The summed E-state index contributed by atoms with van der Waals surface area (Å²) in [6, 6.07) is 0. The van der Waals surface area contributed by atoms with Crippen LogP contribution in [0.3, 0.4) is 0 Å². The van der Waals surface area contributed by atoms with Crippen molar-refractivity contribution >= 4 is 11.9 Å². The molecule has 3 aliphatic heterocycles. The van der Waals surface area contributed by atoms with Gasteiger partial charge in [-0.15, -0.1) is 0 Å². The molecule has 0 aromatic heterocycles. The van der Waals surface area contributed by atoms with Crippen LogP contribution in [0.2, 0.25) is 0 Å². The van der Waals surface area contributed by atoms with E-state index in [1.807, 2.05) is 13.8 Å².